The summed E-state index contributed by atoms with van der Waals surface area (Å²) in [6, 6.07) is 8.60. The van der Waals surface area contributed by atoms with Gasteiger partial charge in [-0.1, -0.05) is 41.4 Å². The molecule has 6 heteroatoms. The first-order chi connectivity index (χ1) is 11.5. The molecular weight excluding hydrogens is 326 g/mol. The maximum atomic E-state index is 11.9. The van der Waals surface area contributed by atoms with Crippen molar-refractivity contribution in [2.45, 2.75) is 38.3 Å². The average molecular weight is 348 g/mol. The van der Waals surface area contributed by atoms with Crippen molar-refractivity contribution in [2.24, 2.45) is 7.05 Å². The number of aromatic nitrogens is 2. The van der Waals surface area contributed by atoms with E-state index in [9.17, 15) is 4.79 Å². The molecule has 1 saturated heterocycles. The Balaban J connectivity index is 1.76. The molecule has 24 heavy (non-hydrogen) atoms. The summed E-state index contributed by atoms with van der Waals surface area (Å²) in [5, 5.41) is 7.58. The van der Waals surface area contributed by atoms with E-state index in [1.54, 1.807) is 13.2 Å². The Morgan fingerprint density at radius 1 is 1.38 bits per heavy atom. The number of hydrogen-bond acceptors (Lipinski definition) is 4. The number of ether oxygens (including phenoxy) is 1. The zero-order valence-electron chi connectivity index (χ0n) is 14.0. The van der Waals surface area contributed by atoms with E-state index in [0.29, 0.717) is 5.69 Å². The van der Waals surface area contributed by atoms with Crippen LogP contribution in [0.5, 0.6) is 0 Å². The van der Waals surface area contributed by atoms with Gasteiger partial charge in [-0.15, -0.1) is 0 Å². The van der Waals surface area contributed by atoms with Crippen LogP contribution in [0.15, 0.2) is 35.3 Å². The van der Waals surface area contributed by atoms with Crippen molar-refractivity contribution in [3.8, 4) is 0 Å². The van der Waals surface area contributed by atoms with Crippen LogP contribution < -0.4 is 10.9 Å². The highest BCUT2D eigenvalue weighted by Crippen LogP contribution is 2.24. The summed E-state index contributed by atoms with van der Waals surface area (Å²) < 4.78 is 7.21. The van der Waals surface area contributed by atoms with E-state index in [1.165, 1.54) is 15.8 Å². The first kappa shape index (κ1) is 17.0. The van der Waals surface area contributed by atoms with Crippen molar-refractivity contribution in [3.63, 3.8) is 0 Å². The molecular formula is C18H22ClN3O2. The van der Waals surface area contributed by atoms with Crippen LogP contribution in [0.1, 0.15) is 24.0 Å². The minimum absolute atomic E-state index is 0.0431. The predicted molar refractivity (Wildman–Crippen MR) is 95.8 cm³/mol. The van der Waals surface area contributed by atoms with Crippen LogP contribution in [-0.2, 0) is 18.2 Å². The largest absolute Gasteiger partial charge is 0.377 e. The van der Waals surface area contributed by atoms with Crippen LogP contribution in [0.25, 0.3) is 0 Å². The molecule has 2 atom stereocenters. The Labute approximate surface area is 146 Å². The number of rotatable bonds is 4. The van der Waals surface area contributed by atoms with Crippen LogP contribution in [0.3, 0.4) is 0 Å². The predicted octanol–water partition coefficient (Wildman–Crippen LogP) is 2.94. The summed E-state index contributed by atoms with van der Waals surface area (Å²) in [7, 11) is 1.59. The van der Waals surface area contributed by atoms with Crippen molar-refractivity contribution in [2.75, 3.05) is 11.9 Å². The second kappa shape index (κ2) is 7.36. The van der Waals surface area contributed by atoms with Gasteiger partial charge in [0.2, 0.25) is 0 Å². The van der Waals surface area contributed by atoms with Crippen LogP contribution >= 0.6 is 11.6 Å². The topological polar surface area (TPSA) is 56.1 Å². The number of halogens is 1. The molecule has 1 fully saturated rings. The van der Waals surface area contributed by atoms with E-state index in [-0.39, 0.29) is 22.7 Å². The van der Waals surface area contributed by atoms with Crippen molar-refractivity contribution >= 4 is 17.3 Å². The molecule has 1 aliphatic rings. The molecule has 128 valence electrons. The third-order valence-corrected chi connectivity index (χ3v) is 4.78. The third-order valence-electron chi connectivity index (χ3n) is 4.42. The van der Waals surface area contributed by atoms with Crippen molar-refractivity contribution in [3.05, 3.63) is 57.0 Å². The maximum Gasteiger partial charge on any atom is 0.287 e. The third kappa shape index (κ3) is 3.79. The molecule has 3 rings (SSSR count). The van der Waals surface area contributed by atoms with Crippen molar-refractivity contribution in [1.29, 1.82) is 0 Å². The first-order valence-corrected chi connectivity index (χ1v) is 8.58. The molecule has 5 nitrogen and oxygen atoms in total. The average Bonchev–Trinajstić information content (AvgIpc) is 2.59. The van der Waals surface area contributed by atoms with Gasteiger partial charge in [0.25, 0.3) is 5.56 Å². The van der Waals surface area contributed by atoms with Gasteiger partial charge in [0.05, 0.1) is 24.0 Å². The van der Waals surface area contributed by atoms with Gasteiger partial charge >= 0.3 is 0 Å². The van der Waals surface area contributed by atoms with Gasteiger partial charge in [-0.3, -0.25) is 4.79 Å². The molecule has 0 amide bonds. The number of nitrogens with zero attached hydrogens (tertiary/aromatic N) is 2. The van der Waals surface area contributed by atoms with Crippen molar-refractivity contribution < 1.29 is 4.74 Å². The fraction of sp³-hybridized carbons (Fsp3) is 0.444. The van der Waals surface area contributed by atoms with Gasteiger partial charge in [-0.2, -0.15) is 5.10 Å². The number of hydrogen-bond donors (Lipinski definition) is 1. The zero-order chi connectivity index (χ0) is 17.1. The molecule has 1 aromatic heterocycles. The van der Waals surface area contributed by atoms with Crippen LogP contribution in [0.2, 0.25) is 5.02 Å². The molecule has 0 radical (unpaired) electrons. The fourth-order valence-electron chi connectivity index (χ4n) is 2.97. The smallest absolute Gasteiger partial charge is 0.287 e. The highest BCUT2D eigenvalue weighted by molar-refractivity contribution is 6.32. The standard InChI is InChI=1S/C18H22ClN3O2/c1-12-5-7-13(8-6-12)10-16-14(4-3-9-24-16)21-15-11-20-22(2)18(23)17(15)19/h5-8,11,14,16,21H,3-4,9-10H2,1-2H3. The van der Waals surface area contributed by atoms with Crippen LogP contribution in [0, 0.1) is 6.92 Å². The molecule has 0 bridgehead atoms. The Bertz CT molecular complexity index is 758. The Hall–Kier alpha value is -1.85. The Kier molecular flexibility index (Phi) is 5.21. The summed E-state index contributed by atoms with van der Waals surface area (Å²) in [5.74, 6) is 0. The van der Waals surface area contributed by atoms with E-state index in [2.05, 4.69) is 41.6 Å². The minimum atomic E-state index is -0.298. The Morgan fingerprint density at radius 3 is 2.88 bits per heavy atom. The van der Waals surface area contributed by atoms with Crippen LogP contribution in [0.4, 0.5) is 5.69 Å². The molecule has 0 spiro atoms. The molecule has 0 saturated carbocycles. The normalized spacial score (nSPS) is 20.8. The van der Waals surface area contributed by atoms with Gasteiger partial charge in [0.1, 0.15) is 5.02 Å². The maximum absolute atomic E-state index is 11.9. The number of nitrogens with one attached hydrogen (secondary N) is 1. The monoisotopic (exact) mass is 347 g/mol. The molecule has 1 N–H and O–H groups in total. The SMILES string of the molecule is Cc1ccc(CC2OCCCC2Nc2cnn(C)c(=O)c2Cl)cc1. The van der Waals surface area contributed by atoms with Crippen molar-refractivity contribution in [1.82, 2.24) is 9.78 Å². The lowest BCUT2D eigenvalue weighted by atomic mass is 9.95. The van der Waals surface area contributed by atoms with E-state index >= 15 is 0 Å². The molecule has 2 heterocycles. The lowest BCUT2D eigenvalue weighted by Gasteiger charge is -2.33. The van der Waals surface area contributed by atoms with Gasteiger partial charge < -0.3 is 10.1 Å². The van der Waals surface area contributed by atoms with Gasteiger partial charge in [-0.05, 0) is 25.3 Å². The van der Waals surface area contributed by atoms with Crippen LogP contribution in [-0.4, -0.2) is 28.5 Å². The summed E-state index contributed by atoms with van der Waals surface area (Å²) in [6.07, 6.45) is 4.43. The summed E-state index contributed by atoms with van der Waals surface area (Å²) >= 11 is 6.17. The Morgan fingerprint density at radius 2 is 2.12 bits per heavy atom. The number of anilines is 1. The highest BCUT2D eigenvalue weighted by Gasteiger charge is 2.27. The van der Waals surface area contributed by atoms with E-state index in [4.69, 9.17) is 16.3 Å². The molecule has 1 aromatic carbocycles. The van der Waals surface area contributed by atoms with E-state index in [1.807, 2.05) is 0 Å². The van der Waals surface area contributed by atoms with Gasteiger partial charge in [0.15, 0.2) is 0 Å². The highest BCUT2D eigenvalue weighted by atomic mass is 35.5. The van der Waals surface area contributed by atoms with Gasteiger partial charge in [-0.25, -0.2) is 4.68 Å². The van der Waals surface area contributed by atoms with E-state index in [0.717, 1.165) is 25.9 Å². The summed E-state index contributed by atoms with van der Waals surface area (Å²) in [4.78, 5) is 11.9. The van der Waals surface area contributed by atoms with E-state index < -0.39 is 0 Å². The second-order valence-corrected chi connectivity index (χ2v) is 6.67. The molecule has 2 aromatic rings. The number of aryl methyl sites for hydroxylation is 2. The second-order valence-electron chi connectivity index (χ2n) is 6.29. The molecule has 1 aliphatic heterocycles. The summed E-state index contributed by atoms with van der Waals surface area (Å²) in [6.45, 7) is 2.84. The fourth-order valence-corrected chi connectivity index (χ4v) is 3.20. The molecule has 0 aliphatic carbocycles. The quantitative estimate of drug-likeness (QED) is 0.923. The summed E-state index contributed by atoms with van der Waals surface area (Å²) in [5.41, 5.74) is 2.76. The zero-order valence-corrected chi connectivity index (χ0v) is 14.7. The lowest BCUT2D eigenvalue weighted by molar-refractivity contribution is 0.00767. The first-order valence-electron chi connectivity index (χ1n) is 8.20. The number of benzene rings is 1. The molecule has 2 unspecified atom stereocenters. The lowest BCUT2D eigenvalue weighted by Crippen LogP contribution is -2.41. The minimum Gasteiger partial charge on any atom is -0.377 e. The van der Waals surface area contributed by atoms with Gasteiger partial charge in [0, 0.05) is 20.1 Å².